The van der Waals surface area contributed by atoms with Crippen molar-refractivity contribution in [2.45, 2.75) is 347 Å². The molecule has 0 aromatic heterocycles. The summed E-state index contributed by atoms with van der Waals surface area (Å²) in [5, 5.41) is 0. The normalized spacial score (nSPS) is 23.6. The van der Waals surface area contributed by atoms with Gasteiger partial charge in [-0.05, 0) is 158 Å². The minimum absolute atomic E-state index is 0.659. The number of benzene rings is 1. The van der Waals surface area contributed by atoms with Crippen molar-refractivity contribution >= 4 is 0 Å². The lowest BCUT2D eigenvalue weighted by molar-refractivity contribution is 0.0680. The molecule has 0 nitrogen and oxygen atoms in total. The van der Waals surface area contributed by atoms with Crippen LogP contribution in [-0.4, -0.2) is 0 Å². The lowest BCUT2D eigenvalue weighted by Gasteiger charge is -2.44. The van der Waals surface area contributed by atoms with Crippen molar-refractivity contribution in [1.82, 2.24) is 0 Å². The van der Waals surface area contributed by atoms with Crippen LogP contribution in [0.4, 0.5) is 0 Å². The van der Waals surface area contributed by atoms with Gasteiger partial charge in [0.05, 0.1) is 0 Å². The molecule has 0 amide bonds. The number of rotatable bonds is 7. The molecule has 9 aliphatic rings. The molecule has 0 aliphatic heterocycles. The molecule has 0 spiro atoms. The highest BCUT2D eigenvalue weighted by Crippen LogP contribution is 2.51. The molecular weight excluding hydrogens is 889 g/mol. The number of hydrogen-bond acceptors (Lipinski definition) is 0. The van der Waals surface area contributed by atoms with Gasteiger partial charge in [-0.3, -0.25) is 0 Å². The van der Waals surface area contributed by atoms with Gasteiger partial charge in [0.1, 0.15) is 0 Å². The molecule has 448 valence electrons. The zero-order valence-corrected chi connectivity index (χ0v) is 57.5. The van der Waals surface area contributed by atoms with Crippen molar-refractivity contribution in [2.75, 3.05) is 0 Å². The standard InChI is InChI=1S/C11H20.C10H18.C9H18.C9H12.C8H16.C7H14.C6H12.7C2H6/c1-8(2)11-7-9-3-5-10(11)6-4-9;1-7(2)10-6-8-3-4-9(10)5-8;2*1-8(2)9-6-4-3-5-7-9;1-7(2)8-5-3-4-6-8;1-6(2)7-4-3-5-7;1-5(2)6-3-4-6;7*1-2/h8-11H,3-7H2,1-2H3;7-10H,3-6H2,1-2H3;8-9H,3-7H2,1-2H3;3-8H,1-2H3;7-8H,3-6H2,1-2H3;6-7H,3-5H2,1-2H3;5-6H,3-4H2,1-2H3;7*1-2H3. The second-order valence-corrected chi connectivity index (χ2v) is 24.5. The van der Waals surface area contributed by atoms with Gasteiger partial charge in [0.15, 0.2) is 0 Å². The molecule has 0 N–H and O–H groups in total. The summed E-state index contributed by atoms with van der Waals surface area (Å²) < 4.78 is 0. The Morgan fingerprint density at radius 1 is 0.270 bits per heavy atom. The Morgan fingerprint density at radius 2 is 0.568 bits per heavy atom. The molecule has 1 aromatic carbocycles. The predicted molar refractivity (Wildman–Crippen MR) is 350 cm³/mol. The molecule has 0 radical (unpaired) electrons. The molecule has 0 saturated heterocycles. The molecule has 4 bridgehead atoms. The fraction of sp³-hybridized carbons (Fsp3) is 0.919. The van der Waals surface area contributed by atoms with Crippen LogP contribution in [-0.2, 0) is 0 Å². The molecule has 74 heavy (non-hydrogen) atoms. The highest BCUT2D eigenvalue weighted by atomic mass is 14.5. The Balaban J connectivity index is -0.000000242. The van der Waals surface area contributed by atoms with Gasteiger partial charge in [-0.15, -0.1) is 0 Å². The second kappa shape index (κ2) is 55.5. The lowest BCUT2D eigenvalue weighted by atomic mass is 9.62. The van der Waals surface area contributed by atoms with Crippen LogP contribution >= 0.6 is 0 Å². The largest absolute Gasteiger partial charge is 0.0683 e. The van der Waals surface area contributed by atoms with E-state index in [1.54, 1.807) is 57.8 Å². The molecule has 10 rings (SSSR count). The van der Waals surface area contributed by atoms with Crippen LogP contribution in [0.5, 0.6) is 0 Å². The van der Waals surface area contributed by atoms with Gasteiger partial charge in [-0.1, -0.05) is 321 Å². The van der Waals surface area contributed by atoms with E-state index in [0.29, 0.717) is 5.92 Å². The fourth-order valence-electron chi connectivity index (χ4n) is 12.5. The van der Waals surface area contributed by atoms with E-state index in [2.05, 4.69) is 121 Å². The summed E-state index contributed by atoms with van der Waals surface area (Å²) in [5.41, 5.74) is 1.41. The van der Waals surface area contributed by atoms with Crippen LogP contribution < -0.4 is 0 Å². The minimum atomic E-state index is 0.659. The first-order valence-corrected chi connectivity index (χ1v) is 34.6. The smallest absolute Gasteiger partial charge is 0.0219 e. The molecule has 4 unspecified atom stereocenters. The van der Waals surface area contributed by atoms with Gasteiger partial charge in [0.2, 0.25) is 0 Å². The van der Waals surface area contributed by atoms with Gasteiger partial charge < -0.3 is 0 Å². The van der Waals surface area contributed by atoms with Gasteiger partial charge >= 0.3 is 0 Å². The van der Waals surface area contributed by atoms with Crippen molar-refractivity contribution < 1.29 is 0 Å². The molecule has 9 aliphatic carbocycles. The lowest BCUT2D eigenvalue weighted by Crippen LogP contribution is -2.33. The van der Waals surface area contributed by atoms with Crippen molar-refractivity contribution in [3.63, 3.8) is 0 Å². The quantitative estimate of drug-likeness (QED) is 0.255. The molecule has 4 atom stereocenters. The molecule has 0 heteroatoms. The Hall–Kier alpha value is -0.780. The van der Waals surface area contributed by atoms with E-state index in [1.165, 1.54) is 95.5 Å². The summed E-state index contributed by atoms with van der Waals surface area (Å²) in [6.45, 7) is 60.7. The summed E-state index contributed by atoms with van der Waals surface area (Å²) in [4.78, 5) is 0. The Labute approximate surface area is 475 Å². The first kappa shape index (κ1) is 82.1. The van der Waals surface area contributed by atoms with E-state index in [-0.39, 0.29) is 0 Å². The maximum absolute atomic E-state index is 2.41. The third-order valence-electron chi connectivity index (χ3n) is 17.7. The van der Waals surface area contributed by atoms with Crippen LogP contribution in [0.2, 0.25) is 0 Å². The predicted octanol–water partition coefficient (Wildman–Crippen LogP) is 27.1. The van der Waals surface area contributed by atoms with Crippen LogP contribution in [0.1, 0.15) is 353 Å². The molecule has 9 saturated carbocycles. The van der Waals surface area contributed by atoms with E-state index in [4.69, 9.17) is 0 Å². The van der Waals surface area contributed by atoms with Gasteiger partial charge in [-0.2, -0.15) is 0 Å². The second-order valence-electron chi connectivity index (χ2n) is 24.5. The summed E-state index contributed by atoms with van der Waals surface area (Å²) >= 11 is 0. The van der Waals surface area contributed by atoms with Crippen LogP contribution in [0.15, 0.2) is 30.3 Å². The fourth-order valence-corrected chi connectivity index (χ4v) is 12.5. The van der Waals surface area contributed by atoms with E-state index in [9.17, 15) is 0 Å². The van der Waals surface area contributed by atoms with E-state index in [0.717, 1.165) is 94.7 Å². The van der Waals surface area contributed by atoms with E-state index in [1.807, 2.05) is 103 Å². The summed E-state index contributed by atoms with van der Waals surface area (Å²) in [7, 11) is 0. The molecular formula is C74H152. The number of hydrogen-bond donors (Lipinski definition) is 0. The maximum Gasteiger partial charge on any atom is -0.0219 e. The summed E-state index contributed by atoms with van der Waals surface area (Å²) in [6, 6.07) is 10.5. The van der Waals surface area contributed by atoms with Crippen molar-refractivity contribution in [2.24, 2.45) is 94.7 Å². The van der Waals surface area contributed by atoms with Crippen LogP contribution in [0.3, 0.4) is 0 Å². The van der Waals surface area contributed by atoms with E-state index < -0.39 is 0 Å². The van der Waals surface area contributed by atoms with Gasteiger partial charge in [0.25, 0.3) is 0 Å². The van der Waals surface area contributed by atoms with E-state index >= 15 is 0 Å². The number of fused-ring (bicyclic) bond motifs is 5. The first-order valence-electron chi connectivity index (χ1n) is 34.6. The first-order chi connectivity index (χ1) is 35.6. The highest BCUT2D eigenvalue weighted by molar-refractivity contribution is 5.17. The van der Waals surface area contributed by atoms with Gasteiger partial charge in [0, 0.05) is 0 Å². The van der Waals surface area contributed by atoms with Crippen LogP contribution in [0.25, 0.3) is 0 Å². The monoisotopic (exact) mass is 1040 g/mol. The zero-order chi connectivity index (χ0) is 58.2. The average molecular weight is 1040 g/mol. The van der Waals surface area contributed by atoms with Crippen molar-refractivity contribution in [3.05, 3.63) is 35.9 Å². The molecule has 0 heterocycles. The maximum atomic E-state index is 2.41. The third kappa shape index (κ3) is 39.6. The SMILES string of the molecule is CC.CC.CC.CC.CC.CC.CC.CC(C)C1CC1.CC(C)C1CC2CCC1C2.CC(C)C1CC2CCC1CC2.CC(C)C1CCC1.CC(C)C1CCCC1.CC(C)C1CCCCC1.CC(C)c1ccccc1. The van der Waals surface area contributed by atoms with Crippen LogP contribution in [0, 0.1) is 94.7 Å². The highest BCUT2D eigenvalue weighted by Gasteiger charge is 2.40. The summed E-state index contributed by atoms with van der Waals surface area (Å²) in [5.74, 6) is 17.3. The Bertz CT molecular complexity index is 1140. The molecule has 1 aromatic rings. The Kier molecular flexibility index (Phi) is 61.6. The van der Waals surface area contributed by atoms with Crippen molar-refractivity contribution in [3.8, 4) is 0 Å². The average Bonchev–Trinajstić information content (AvgIpc) is 3.73. The minimum Gasteiger partial charge on any atom is -0.0683 e. The summed E-state index contributed by atoms with van der Waals surface area (Å²) in [6.07, 6.45) is 34.9. The zero-order valence-electron chi connectivity index (χ0n) is 57.5. The Morgan fingerprint density at radius 3 is 0.743 bits per heavy atom. The topological polar surface area (TPSA) is 0 Å². The molecule has 9 fully saturated rings. The van der Waals surface area contributed by atoms with Crippen molar-refractivity contribution in [1.29, 1.82) is 0 Å². The third-order valence-corrected chi connectivity index (χ3v) is 17.7. The van der Waals surface area contributed by atoms with Gasteiger partial charge in [-0.25, -0.2) is 0 Å².